The van der Waals surface area contributed by atoms with Crippen molar-refractivity contribution in [2.75, 3.05) is 0 Å². The highest BCUT2D eigenvalue weighted by Crippen LogP contribution is 2.25. The van der Waals surface area contributed by atoms with Crippen molar-refractivity contribution in [2.45, 2.75) is 0 Å². The summed E-state index contributed by atoms with van der Waals surface area (Å²) in [7, 11) is 2.60. The van der Waals surface area contributed by atoms with Gasteiger partial charge in [0, 0.05) is 19.1 Å². The molecule has 0 unspecified atom stereocenters. The van der Waals surface area contributed by atoms with Crippen LogP contribution in [0.1, 0.15) is 10.4 Å². The van der Waals surface area contributed by atoms with Gasteiger partial charge in [-0.3, -0.25) is 9.36 Å². The van der Waals surface area contributed by atoms with Crippen molar-refractivity contribution in [3.05, 3.63) is 49.6 Å². The van der Waals surface area contributed by atoms with Crippen LogP contribution in [-0.4, -0.2) is 25.4 Å². The minimum absolute atomic E-state index is 0.102. The molecule has 0 spiro atoms. The van der Waals surface area contributed by atoms with E-state index in [4.69, 9.17) is 21.4 Å². The molecular weight excluding hydrogens is 302 g/mol. The lowest BCUT2D eigenvalue weighted by molar-refractivity contribution is 0.0694. The van der Waals surface area contributed by atoms with Crippen LogP contribution in [0.2, 0.25) is 5.02 Å². The van der Waals surface area contributed by atoms with Crippen molar-refractivity contribution in [3.8, 4) is 11.6 Å². The molecule has 0 radical (unpaired) electrons. The normalized spacial score (nSPS) is 10.4. The zero-order valence-electron chi connectivity index (χ0n) is 11.0. The van der Waals surface area contributed by atoms with Crippen LogP contribution >= 0.6 is 11.6 Å². The number of rotatable bonds is 3. The number of carboxylic acids is 1. The molecule has 0 atom stereocenters. The summed E-state index contributed by atoms with van der Waals surface area (Å²) in [5.74, 6) is -1.78. The predicted octanol–water partition coefficient (Wildman–Crippen LogP) is 0.623. The Balaban J connectivity index is 2.56. The number of aromatic carboxylic acids is 1. The van der Waals surface area contributed by atoms with Crippen molar-refractivity contribution in [2.24, 2.45) is 14.1 Å². The minimum atomic E-state index is -1.27. The molecule has 1 N–H and O–H groups in total. The molecule has 1 aromatic heterocycles. The summed E-state index contributed by atoms with van der Waals surface area (Å²) in [5.41, 5.74) is -1.62. The molecule has 2 aromatic rings. The van der Waals surface area contributed by atoms with Crippen LogP contribution in [0, 0.1) is 0 Å². The number of carbonyl (C=O) groups is 1. The van der Waals surface area contributed by atoms with Crippen molar-refractivity contribution in [1.29, 1.82) is 0 Å². The molecule has 0 aliphatic heterocycles. The van der Waals surface area contributed by atoms with Crippen LogP contribution in [0.4, 0.5) is 0 Å². The van der Waals surface area contributed by atoms with Gasteiger partial charge in [-0.25, -0.2) is 14.3 Å². The second kappa shape index (κ2) is 5.41. The Morgan fingerprint density at radius 2 is 2.00 bits per heavy atom. The molecule has 0 amide bonds. The number of nitrogens with zero attached hydrogens (tertiary/aromatic N) is 3. The van der Waals surface area contributed by atoms with Gasteiger partial charge in [0.25, 0.3) is 0 Å². The first-order chi connectivity index (χ1) is 9.81. The van der Waals surface area contributed by atoms with Gasteiger partial charge < -0.3 is 9.84 Å². The van der Waals surface area contributed by atoms with Gasteiger partial charge in [0.2, 0.25) is 0 Å². The third kappa shape index (κ3) is 2.79. The predicted molar refractivity (Wildman–Crippen MR) is 73.2 cm³/mol. The SMILES string of the molecule is Cn1nc(Oc2ccc(Cl)cc2C(=O)O)c(=O)n(C)c1=O. The second-order valence-electron chi connectivity index (χ2n) is 4.12. The molecule has 110 valence electrons. The van der Waals surface area contributed by atoms with Crippen molar-refractivity contribution in [3.63, 3.8) is 0 Å². The van der Waals surface area contributed by atoms with E-state index in [0.717, 1.165) is 9.25 Å². The molecule has 21 heavy (non-hydrogen) atoms. The molecule has 9 heteroatoms. The molecule has 0 aliphatic rings. The van der Waals surface area contributed by atoms with Crippen LogP contribution in [0.25, 0.3) is 0 Å². The van der Waals surface area contributed by atoms with E-state index in [1.165, 1.54) is 32.3 Å². The van der Waals surface area contributed by atoms with Gasteiger partial charge in [0.1, 0.15) is 11.3 Å². The van der Waals surface area contributed by atoms with E-state index in [2.05, 4.69) is 5.10 Å². The largest absolute Gasteiger partial charge is 0.478 e. The van der Waals surface area contributed by atoms with Crippen LogP contribution in [0.15, 0.2) is 27.8 Å². The monoisotopic (exact) mass is 311 g/mol. The van der Waals surface area contributed by atoms with E-state index in [1.54, 1.807) is 0 Å². The number of ether oxygens (including phenoxy) is 1. The fraction of sp³-hybridized carbons (Fsp3) is 0.167. The Bertz CT molecular complexity index is 840. The van der Waals surface area contributed by atoms with E-state index in [1.807, 2.05) is 0 Å². The van der Waals surface area contributed by atoms with Crippen LogP contribution in [-0.2, 0) is 14.1 Å². The lowest BCUT2D eigenvalue weighted by Gasteiger charge is -2.09. The molecule has 2 rings (SSSR count). The zero-order valence-corrected chi connectivity index (χ0v) is 11.8. The number of carboxylic acid groups (broad SMARTS) is 1. The third-order valence-corrected chi connectivity index (χ3v) is 2.91. The lowest BCUT2D eigenvalue weighted by atomic mass is 10.2. The summed E-state index contributed by atoms with van der Waals surface area (Å²) >= 11 is 5.72. The highest BCUT2D eigenvalue weighted by atomic mass is 35.5. The average Bonchev–Trinajstić information content (AvgIpc) is 2.44. The van der Waals surface area contributed by atoms with Crippen molar-refractivity contribution < 1.29 is 14.6 Å². The molecule has 0 bridgehead atoms. The highest BCUT2D eigenvalue weighted by molar-refractivity contribution is 6.31. The summed E-state index contributed by atoms with van der Waals surface area (Å²) in [6.07, 6.45) is 0. The number of hydrogen-bond donors (Lipinski definition) is 1. The van der Waals surface area contributed by atoms with Crippen LogP contribution in [0.5, 0.6) is 11.6 Å². The second-order valence-corrected chi connectivity index (χ2v) is 4.56. The number of aryl methyl sites for hydroxylation is 1. The van der Waals surface area contributed by atoms with E-state index in [-0.39, 0.29) is 16.3 Å². The number of halogens is 1. The lowest BCUT2D eigenvalue weighted by Crippen LogP contribution is -2.38. The maximum absolute atomic E-state index is 11.9. The number of aromatic nitrogens is 3. The van der Waals surface area contributed by atoms with Crippen molar-refractivity contribution in [1.82, 2.24) is 14.3 Å². The summed E-state index contributed by atoms with van der Waals surface area (Å²) < 4.78 is 6.94. The Morgan fingerprint density at radius 1 is 1.33 bits per heavy atom. The molecular formula is C12H10ClN3O5. The fourth-order valence-electron chi connectivity index (χ4n) is 1.60. The summed E-state index contributed by atoms with van der Waals surface area (Å²) in [5, 5.41) is 13.0. The van der Waals surface area contributed by atoms with Crippen LogP contribution in [0.3, 0.4) is 0 Å². The topological polar surface area (TPSA) is 103 Å². The average molecular weight is 312 g/mol. The van der Waals surface area contributed by atoms with E-state index in [0.29, 0.717) is 0 Å². The quantitative estimate of drug-likeness (QED) is 0.891. The summed E-state index contributed by atoms with van der Waals surface area (Å²) in [4.78, 5) is 34.5. The molecule has 0 fully saturated rings. The van der Waals surface area contributed by atoms with Crippen LogP contribution < -0.4 is 16.0 Å². The standard InChI is InChI=1S/C12H10ClN3O5/c1-15-10(17)9(14-16(2)12(15)20)21-8-4-3-6(13)5-7(8)11(18)19/h3-5H,1-2H3,(H,18,19). The van der Waals surface area contributed by atoms with Gasteiger partial charge in [-0.1, -0.05) is 11.6 Å². The Morgan fingerprint density at radius 3 is 2.62 bits per heavy atom. The van der Waals surface area contributed by atoms with Gasteiger partial charge in [-0.15, -0.1) is 5.10 Å². The Labute approximate surface area is 122 Å². The van der Waals surface area contributed by atoms with Crippen molar-refractivity contribution >= 4 is 17.6 Å². The first-order valence-corrected chi connectivity index (χ1v) is 6.04. The molecule has 1 heterocycles. The molecule has 0 saturated heterocycles. The third-order valence-electron chi connectivity index (χ3n) is 2.67. The molecule has 0 aliphatic carbocycles. The van der Waals surface area contributed by atoms with Gasteiger partial charge in [-0.05, 0) is 18.2 Å². The van der Waals surface area contributed by atoms with E-state index < -0.39 is 23.1 Å². The van der Waals surface area contributed by atoms with Gasteiger partial charge in [0.05, 0.1) is 0 Å². The summed E-state index contributed by atoms with van der Waals surface area (Å²) in [6.45, 7) is 0. The first-order valence-electron chi connectivity index (χ1n) is 5.66. The van der Waals surface area contributed by atoms with Gasteiger partial charge in [0.15, 0.2) is 0 Å². The molecule has 8 nitrogen and oxygen atoms in total. The molecule has 1 aromatic carbocycles. The Hall–Kier alpha value is -2.61. The first kappa shape index (κ1) is 14.8. The maximum atomic E-state index is 11.9. The van der Waals surface area contributed by atoms with Gasteiger partial charge in [-0.2, -0.15) is 0 Å². The minimum Gasteiger partial charge on any atom is -0.478 e. The number of hydrogen-bond acceptors (Lipinski definition) is 5. The zero-order chi connectivity index (χ0) is 15.7. The summed E-state index contributed by atoms with van der Waals surface area (Å²) in [6, 6.07) is 3.90. The van der Waals surface area contributed by atoms with E-state index >= 15 is 0 Å². The number of benzene rings is 1. The smallest absolute Gasteiger partial charge is 0.347 e. The highest BCUT2D eigenvalue weighted by Gasteiger charge is 2.16. The van der Waals surface area contributed by atoms with Gasteiger partial charge >= 0.3 is 23.1 Å². The molecule has 0 saturated carbocycles. The Kier molecular flexibility index (Phi) is 3.81. The maximum Gasteiger partial charge on any atom is 0.347 e. The van der Waals surface area contributed by atoms with E-state index in [9.17, 15) is 14.4 Å². The fourth-order valence-corrected chi connectivity index (χ4v) is 1.77.